The Hall–Kier alpha value is -1.31. The molecule has 146 valence electrons. The number of nitrogens with zero attached hydrogens (tertiary/aromatic N) is 2. The molecule has 1 amide bonds. The molecule has 0 unspecified atom stereocenters. The smallest absolute Gasteiger partial charge is 0.410 e. The maximum Gasteiger partial charge on any atom is 0.410 e. The Kier molecular flexibility index (Phi) is 6.58. The van der Waals surface area contributed by atoms with Gasteiger partial charge in [-0.25, -0.2) is 13.2 Å². The van der Waals surface area contributed by atoms with Crippen molar-refractivity contribution in [2.24, 2.45) is 0 Å². The van der Waals surface area contributed by atoms with Crippen molar-refractivity contribution in [1.82, 2.24) is 9.21 Å². The van der Waals surface area contributed by atoms with Crippen LogP contribution >= 0.6 is 11.6 Å². The molecule has 0 bridgehead atoms. The lowest BCUT2D eigenvalue weighted by Gasteiger charge is -2.37. The number of ether oxygens (including phenoxy) is 1. The molecule has 0 aromatic heterocycles. The predicted octanol–water partition coefficient (Wildman–Crippen LogP) is 3.50. The van der Waals surface area contributed by atoms with Gasteiger partial charge in [0.2, 0.25) is 10.0 Å². The molecule has 1 aliphatic heterocycles. The number of halogens is 1. The molecule has 1 aromatic carbocycles. The third kappa shape index (κ3) is 5.59. The second-order valence-electron chi connectivity index (χ2n) is 7.59. The van der Waals surface area contributed by atoms with Gasteiger partial charge in [-0.15, -0.1) is 0 Å². The largest absolute Gasteiger partial charge is 0.444 e. The number of carbonyl (C=O) groups is 1. The third-order valence-corrected chi connectivity index (χ3v) is 6.44. The van der Waals surface area contributed by atoms with Crippen LogP contribution in [0.15, 0.2) is 24.3 Å². The van der Waals surface area contributed by atoms with Gasteiger partial charge in [-0.2, -0.15) is 4.31 Å². The van der Waals surface area contributed by atoms with Gasteiger partial charge >= 0.3 is 6.09 Å². The summed E-state index contributed by atoms with van der Waals surface area (Å²) in [6, 6.07) is 6.73. The van der Waals surface area contributed by atoms with Crippen LogP contribution in [0.5, 0.6) is 0 Å². The molecule has 2 rings (SSSR count). The van der Waals surface area contributed by atoms with E-state index in [0.29, 0.717) is 23.6 Å². The Morgan fingerprint density at radius 1 is 1.35 bits per heavy atom. The van der Waals surface area contributed by atoms with Gasteiger partial charge in [0.15, 0.2) is 0 Å². The Labute approximate surface area is 161 Å². The zero-order valence-corrected chi connectivity index (χ0v) is 17.3. The van der Waals surface area contributed by atoms with Gasteiger partial charge in [-0.3, -0.25) is 0 Å². The van der Waals surface area contributed by atoms with E-state index in [1.165, 1.54) is 9.21 Å². The van der Waals surface area contributed by atoms with Gasteiger partial charge in [-0.05, 0) is 45.2 Å². The Bertz CT molecular complexity index is 746. The fourth-order valence-electron chi connectivity index (χ4n) is 2.88. The van der Waals surface area contributed by atoms with Gasteiger partial charge < -0.3 is 9.64 Å². The molecule has 1 atom stereocenters. The van der Waals surface area contributed by atoms with E-state index in [9.17, 15) is 13.2 Å². The molecule has 0 saturated carbocycles. The molecule has 1 heterocycles. The summed E-state index contributed by atoms with van der Waals surface area (Å²) in [7, 11) is -1.86. The minimum atomic E-state index is -3.52. The first-order chi connectivity index (χ1) is 12.0. The maximum absolute atomic E-state index is 12.8. The number of hydrogen-bond acceptors (Lipinski definition) is 4. The highest BCUT2D eigenvalue weighted by Gasteiger charge is 2.34. The fourth-order valence-corrected chi connectivity index (χ4v) is 4.79. The van der Waals surface area contributed by atoms with Crippen molar-refractivity contribution in [3.05, 3.63) is 34.9 Å². The van der Waals surface area contributed by atoms with E-state index in [2.05, 4.69) is 0 Å². The first-order valence-electron chi connectivity index (χ1n) is 8.66. The van der Waals surface area contributed by atoms with E-state index >= 15 is 0 Å². The first kappa shape index (κ1) is 21.0. The SMILES string of the molecule is CN(C(=O)OC(C)(C)C)[C@@H]1CCCN(S(=O)(=O)Cc2ccccc2Cl)C1. The average Bonchev–Trinajstić information content (AvgIpc) is 2.54. The van der Waals surface area contributed by atoms with Crippen molar-refractivity contribution >= 4 is 27.7 Å². The van der Waals surface area contributed by atoms with Crippen molar-refractivity contribution in [3.8, 4) is 0 Å². The molecule has 1 saturated heterocycles. The van der Waals surface area contributed by atoms with Crippen LogP contribution in [0, 0.1) is 0 Å². The summed E-state index contributed by atoms with van der Waals surface area (Å²) in [5.74, 6) is -0.143. The van der Waals surface area contributed by atoms with Crippen LogP contribution in [0.1, 0.15) is 39.2 Å². The topological polar surface area (TPSA) is 66.9 Å². The van der Waals surface area contributed by atoms with E-state index in [1.807, 2.05) is 0 Å². The van der Waals surface area contributed by atoms with Crippen LogP contribution in [0.25, 0.3) is 0 Å². The lowest BCUT2D eigenvalue weighted by molar-refractivity contribution is 0.0173. The van der Waals surface area contributed by atoms with Crippen LogP contribution in [0.2, 0.25) is 5.02 Å². The lowest BCUT2D eigenvalue weighted by atomic mass is 10.1. The number of likely N-dealkylation sites (N-methyl/N-ethyl adjacent to an activating group) is 1. The number of rotatable bonds is 4. The van der Waals surface area contributed by atoms with Gasteiger partial charge in [-0.1, -0.05) is 29.8 Å². The summed E-state index contributed by atoms with van der Waals surface area (Å²) in [4.78, 5) is 13.8. The van der Waals surface area contributed by atoms with Crippen LogP contribution in [-0.2, 0) is 20.5 Å². The minimum absolute atomic E-state index is 0.143. The predicted molar refractivity (Wildman–Crippen MR) is 103 cm³/mol. The highest BCUT2D eigenvalue weighted by atomic mass is 35.5. The molecule has 0 spiro atoms. The summed E-state index contributed by atoms with van der Waals surface area (Å²) < 4.78 is 32.4. The normalized spacial score (nSPS) is 19.2. The summed E-state index contributed by atoms with van der Waals surface area (Å²) in [5.41, 5.74) is -0.00711. The summed E-state index contributed by atoms with van der Waals surface area (Å²) in [6.07, 6.45) is 1.00. The van der Waals surface area contributed by atoms with Crippen LogP contribution in [-0.4, -0.2) is 55.5 Å². The van der Waals surface area contributed by atoms with E-state index in [4.69, 9.17) is 16.3 Å². The number of hydrogen-bond donors (Lipinski definition) is 0. The maximum atomic E-state index is 12.8. The van der Waals surface area contributed by atoms with Gasteiger partial charge in [0.25, 0.3) is 0 Å². The number of sulfonamides is 1. The zero-order valence-electron chi connectivity index (χ0n) is 15.7. The number of carbonyl (C=O) groups excluding carboxylic acids is 1. The van der Waals surface area contributed by atoms with Crippen LogP contribution in [0.3, 0.4) is 0 Å². The summed E-state index contributed by atoms with van der Waals surface area (Å²) in [6.45, 7) is 6.13. The van der Waals surface area contributed by atoms with Crippen molar-refractivity contribution in [3.63, 3.8) is 0 Å². The highest BCUT2D eigenvalue weighted by molar-refractivity contribution is 7.88. The van der Waals surface area contributed by atoms with Crippen LogP contribution in [0.4, 0.5) is 4.79 Å². The Morgan fingerprint density at radius 3 is 2.62 bits per heavy atom. The molecule has 0 aliphatic carbocycles. The molecule has 1 fully saturated rings. The van der Waals surface area contributed by atoms with E-state index < -0.39 is 21.7 Å². The molecule has 8 heteroatoms. The van der Waals surface area contributed by atoms with E-state index in [-0.39, 0.29) is 18.3 Å². The fraction of sp³-hybridized carbons (Fsp3) is 0.611. The lowest BCUT2D eigenvalue weighted by Crippen LogP contribution is -2.51. The third-order valence-electron chi connectivity index (χ3n) is 4.28. The monoisotopic (exact) mass is 402 g/mol. The second-order valence-corrected chi connectivity index (χ2v) is 9.97. The number of amides is 1. The van der Waals surface area contributed by atoms with Crippen LogP contribution < -0.4 is 0 Å². The molecule has 1 aromatic rings. The van der Waals surface area contributed by atoms with Gasteiger partial charge in [0.05, 0.1) is 5.75 Å². The first-order valence-corrected chi connectivity index (χ1v) is 10.7. The molecule has 0 N–H and O–H groups in total. The summed E-state index contributed by atoms with van der Waals surface area (Å²) >= 11 is 6.10. The van der Waals surface area contributed by atoms with Gasteiger partial charge in [0, 0.05) is 31.2 Å². The quantitative estimate of drug-likeness (QED) is 0.772. The van der Waals surface area contributed by atoms with Crippen molar-refractivity contribution in [1.29, 1.82) is 0 Å². The summed E-state index contributed by atoms with van der Waals surface area (Å²) in [5, 5.41) is 0.440. The molecule has 1 aliphatic rings. The van der Waals surface area contributed by atoms with E-state index in [1.54, 1.807) is 52.1 Å². The van der Waals surface area contributed by atoms with Crippen molar-refractivity contribution < 1.29 is 17.9 Å². The molecule has 26 heavy (non-hydrogen) atoms. The Balaban J connectivity index is 2.07. The van der Waals surface area contributed by atoms with Crippen molar-refractivity contribution in [2.75, 3.05) is 20.1 Å². The Morgan fingerprint density at radius 2 is 2.00 bits per heavy atom. The molecule has 6 nitrogen and oxygen atoms in total. The van der Waals surface area contributed by atoms with E-state index in [0.717, 1.165) is 6.42 Å². The molecular weight excluding hydrogens is 376 g/mol. The molecular formula is C18H27ClN2O4S. The second kappa shape index (κ2) is 8.15. The molecule has 0 radical (unpaired) electrons. The van der Waals surface area contributed by atoms with Crippen molar-refractivity contribution in [2.45, 2.75) is 51.0 Å². The number of benzene rings is 1. The standard InChI is InChI=1S/C18H27ClN2O4S/c1-18(2,3)25-17(22)20(4)15-9-7-11-21(12-15)26(23,24)13-14-8-5-6-10-16(14)19/h5-6,8,10,15H,7,9,11-13H2,1-4H3/t15-/m1/s1. The minimum Gasteiger partial charge on any atom is -0.444 e. The average molecular weight is 403 g/mol. The number of piperidine rings is 1. The van der Waals surface area contributed by atoms with Gasteiger partial charge in [0.1, 0.15) is 5.60 Å². The zero-order chi connectivity index (χ0) is 19.5. The highest BCUT2D eigenvalue weighted by Crippen LogP contribution is 2.24.